The molecule has 2 N–H and O–H groups in total. The van der Waals surface area contributed by atoms with Crippen molar-refractivity contribution in [2.24, 2.45) is 11.8 Å². The van der Waals surface area contributed by atoms with E-state index in [2.05, 4.69) is 5.32 Å². The average molecular weight is 211 g/mol. The molecule has 15 heavy (non-hydrogen) atoms. The van der Waals surface area contributed by atoms with E-state index in [4.69, 9.17) is 5.11 Å². The first-order chi connectivity index (χ1) is 7.02. The second kappa shape index (κ2) is 3.51. The van der Waals surface area contributed by atoms with Crippen LogP contribution in [-0.4, -0.2) is 22.5 Å². The van der Waals surface area contributed by atoms with E-state index in [0.717, 1.165) is 25.7 Å². The Morgan fingerprint density at radius 2 is 1.87 bits per heavy atom. The van der Waals surface area contributed by atoms with E-state index in [1.807, 2.05) is 6.92 Å². The second-order valence-electron chi connectivity index (χ2n) is 5.03. The summed E-state index contributed by atoms with van der Waals surface area (Å²) in [6, 6.07) is 0. The average Bonchev–Trinajstić information content (AvgIpc) is 1.97. The zero-order valence-corrected chi connectivity index (χ0v) is 8.95. The van der Waals surface area contributed by atoms with Crippen LogP contribution >= 0.6 is 0 Å². The fraction of sp³-hybridized carbons (Fsp3) is 0.818. The summed E-state index contributed by atoms with van der Waals surface area (Å²) in [4.78, 5) is 22.5. The molecule has 2 aliphatic carbocycles. The maximum Gasteiger partial charge on any atom is 0.307 e. The number of carbonyl (C=O) groups excluding carboxylic acids is 1. The SMILES string of the molecule is CC1(NC(=O)C2CCC2C(=O)O)CCC1. The number of hydrogen-bond acceptors (Lipinski definition) is 2. The number of carboxylic acid groups (broad SMARTS) is 1. The molecule has 2 aliphatic rings. The lowest BCUT2D eigenvalue weighted by Gasteiger charge is -2.42. The molecule has 0 spiro atoms. The second-order valence-corrected chi connectivity index (χ2v) is 5.03. The van der Waals surface area contributed by atoms with Crippen LogP contribution in [0.1, 0.15) is 39.0 Å². The molecule has 2 unspecified atom stereocenters. The Bertz CT molecular complexity index is 296. The van der Waals surface area contributed by atoms with Crippen molar-refractivity contribution in [2.75, 3.05) is 0 Å². The third kappa shape index (κ3) is 1.85. The van der Waals surface area contributed by atoms with Crippen LogP contribution in [0, 0.1) is 11.8 Å². The Morgan fingerprint density at radius 3 is 2.20 bits per heavy atom. The molecule has 2 fully saturated rings. The molecule has 2 rings (SSSR count). The molecule has 0 bridgehead atoms. The maximum atomic E-state index is 11.8. The van der Waals surface area contributed by atoms with Crippen LogP contribution in [0.4, 0.5) is 0 Å². The largest absolute Gasteiger partial charge is 0.481 e. The molecule has 0 radical (unpaired) electrons. The van der Waals surface area contributed by atoms with Gasteiger partial charge in [-0.1, -0.05) is 0 Å². The third-order valence-electron chi connectivity index (χ3n) is 3.81. The van der Waals surface area contributed by atoms with Gasteiger partial charge in [-0.15, -0.1) is 0 Å². The Morgan fingerprint density at radius 1 is 1.27 bits per heavy atom. The van der Waals surface area contributed by atoms with Crippen LogP contribution in [-0.2, 0) is 9.59 Å². The van der Waals surface area contributed by atoms with Crippen LogP contribution in [0.2, 0.25) is 0 Å². The lowest BCUT2D eigenvalue weighted by atomic mass is 9.71. The molecule has 2 saturated carbocycles. The van der Waals surface area contributed by atoms with Gasteiger partial charge in [-0.25, -0.2) is 0 Å². The third-order valence-corrected chi connectivity index (χ3v) is 3.81. The first-order valence-electron chi connectivity index (χ1n) is 5.57. The summed E-state index contributed by atoms with van der Waals surface area (Å²) >= 11 is 0. The van der Waals surface area contributed by atoms with Crippen molar-refractivity contribution >= 4 is 11.9 Å². The number of hydrogen-bond donors (Lipinski definition) is 2. The molecule has 4 heteroatoms. The first kappa shape index (κ1) is 10.5. The molecule has 0 aromatic rings. The first-order valence-corrected chi connectivity index (χ1v) is 5.57. The smallest absolute Gasteiger partial charge is 0.307 e. The summed E-state index contributed by atoms with van der Waals surface area (Å²) in [7, 11) is 0. The summed E-state index contributed by atoms with van der Waals surface area (Å²) in [5, 5.41) is 11.8. The summed E-state index contributed by atoms with van der Waals surface area (Å²) in [6.07, 6.45) is 4.55. The number of rotatable bonds is 3. The predicted molar refractivity (Wildman–Crippen MR) is 54.2 cm³/mol. The van der Waals surface area contributed by atoms with Gasteiger partial charge in [0, 0.05) is 5.54 Å². The van der Waals surface area contributed by atoms with Gasteiger partial charge in [-0.05, 0) is 39.0 Å². The molecular formula is C11H17NO3. The molecule has 1 amide bonds. The van der Waals surface area contributed by atoms with Gasteiger partial charge in [0.2, 0.25) is 5.91 Å². The molecular weight excluding hydrogens is 194 g/mol. The molecule has 0 aliphatic heterocycles. The van der Waals surface area contributed by atoms with E-state index in [1.165, 1.54) is 0 Å². The minimum absolute atomic E-state index is 0.0594. The lowest BCUT2D eigenvalue weighted by Crippen LogP contribution is -2.55. The number of amides is 1. The highest BCUT2D eigenvalue weighted by molar-refractivity contribution is 5.86. The summed E-state index contributed by atoms with van der Waals surface area (Å²) in [5.41, 5.74) is -0.0598. The van der Waals surface area contributed by atoms with Crippen molar-refractivity contribution in [3.63, 3.8) is 0 Å². The fourth-order valence-electron chi connectivity index (χ4n) is 2.33. The zero-order valence-electron chi connectivity index (χ0n) is 8.95. The van der Waals surface area contributed by atoms with Crippen LogP contribution in [0.3, 0.4) is 0 Å². The van der Waals surface area contributed by atoms with Gasteiger partial charge in [0.15, 0.2) is 0 Å². The van der Waals surface area contributed by atoms with Crippen molar-refractivity contribution in [3.05, 3.63) is 0 Å². The highest BCUT2D eigenvalue weighted by Gasteiger charge is 2.44. The minimum Gasteiger partial charge on any atom is -0.481 e. The van der Waals surface area contributed by atoms with Gasteiger partial charge in [-0.3, -0.25) is 9.59 Å². The Kier molecular flexibility index (Phi) is 2.44. The van der Waals surface area contributed by atoms with Crippen LogP contribution in [0.5, 0.6) is 0 Å². The van der Waals surface area contributed by atoms with E-state index in [9.17, 15) is 9.59 Å². The summed E-state index contributed by atoms with van der Waals surface area (Å²) in [5.74, 6) is -1.63. The summed E-state index contributed by atoms with van der Waals surface area (Å²) in [6.45, 7) is 2.03. The van der Waals surface area contributed by atoms with Crippen molar-refractivity contribution < 1.29 is 14.7 Å². The Balaban J connectivity index is 1.88. The van der Waals surface area contributed by atoms with E-state index in [0.29, 0.717) is 6.42 Å². The van der Waals surface area contributed by atoms with E-state index in [-0.39, 0.29) is 17.4 Å². The van der Waals surface area contributed by atoms with Gasteiger partial charge < -0.3 is 10.4 Å². The number of carboxylic acids is 1. The maximum absolute atomic E-state index is 11.8. The van der Waals surface area contributed by atoms with Crippen molar-refractivity contribution in [1.29, 1.82) is 0 Å². The zero-order chi connectivity index (χ0) is 11.1. The molecule has 0 saturated heterocycles. The molecule has 0 heterocycles. The quantitative estimate of drug-likeness (QED) is 0.736. The van der Waals surface area contributed by atoms with Gasteiger partial charge in [0.1, 0.15) is 0 Å². The van der Waals surface area contributed by atoms with Gasteiger partial charge in [0.25, 0.3) is 0 Å². The molecule has 0 aromatic heterocycles. The highest BCUT2D eigenvalue weighted by atomic mass is 16.4. The normalized spacial score (nSPS) is 32.3. The van der Waals surface area contributed by atoms with Crippen molar-refractivity contribution in [2.45, 2.75) is 44.6 Å². The Hall–Kier alpha value is -1.06. The molecule has 0 aromatic carbocycles. The standard InChI is InChI=1S/C11H17NO3/c1-11(5-2-6-11)12-9(13)7-3-4-8(7)10(14)15/h7-8H,2-6H2,1H3,(H,12,13)(H,14,15). The Labute approximate surface area is 89.0 Å². The minimum atomic E-state index is -0.833. The molecule has 84 valence electrons. The number of carbonyl (C=O) groups is 2. The lowest BCUT2D eigenvalue weighted by molar-refractivity contribution is -0.153. The number of nitrogens with one attached hydrogen (secondary N) is 1. The predicted octanol–water partition coefficient (Wildman–Crippen LogP) is 1.16. The van der Waals surface area contributed by atoms with Gasteiger partial charge >= 0.3 is 5.97 Å². The van der Waals surface area contributed by atoms with Crippen LogP contribution < -0.4 is 5.32 Å². The van der Waals surface area contributed by atoms with Crippen molar-refractivity contribution in [3.8, 4) is 0 Å². The monoisotopic (exact) mass is 211 g/mol. The van der Waals surface area contributed by atoms with Crippen LogP contribution in [0.25, 0.3) is 0 Å². The van der Waals surface area contributed by atoms with E-state index in [1.54, 1.807) is 0 Å². The summed E-state index contributed by atoms with van der Waals surface area (Å²) < 4.78 is 0. The van der Waals surface area contributed by atoms with Gasteiger partial charge in [0.05, 0.1) is 11.8 Å². The van der Waals surface area contributed by atoms with Crippen LogP contribution in [0.15, 0.2) is 0 Å². The number of aliphatic carboxylic acids is 1. The highest BCUT2D eigenvalue weighted by Crippen LogP contribution is 2.37. The van der Waals surface area contributed by atoms with Crippen molar-refractivity contribution in [1.82, 2.24) is 5.32 Å². The van der Waals surface area contributed by atoms with E-state index < -0.39 is 11.9 Å². The topological polar surface area (TPSA) is 66.4 Å². The van der Waals surface area contributed by atoms with E-state index >= 15 is 0 Å². The molecule has 4 nitrogen and oxygen atoms in total. The fourth-order valence-corrected chi connectivity index (χ4v) is 2.33. The van der Waals surface area contributed by atoms with Gasteiger partial charge in [-0.2, -0.15) is 0 Å². The molecule has 2 atom stereocenters.